The Morgan fingerprint density at radius 3 is 2.65 bits per heavy atom. The third kappa shape index (κ3) is 5.09. The van der Waals surface area contributed by atoms with E-state index in [1.165, 1.54) is 11.8 Å². The number of aryl methyl sites for hydroxylation is 2. The Kier molecular flexibility index (Phi) is 7.54. The largest absolute Gasteiger partial charge is 0.478 e. The summed E-state index contributed by atoms with van der Waals surface area (Å²) in [5, 5.41) is 9.80. The monoisotopic (exact) mass is 298 g/mol. The standard InChI is InChI=1S/C14H22N2O3S/c1-4-6-7-19-8-9-20-13-12(14(17)18)10(3)15-11(5-2)16-13/h4-9H2,1-3H3,(H,17,18). The summed E-state index contributed by atoms with van der Waals surface area (Å²) in [6.45, 7) is 7.15. The Labute approximate surface area is 124 Å². The topological polar surface area (TPSA) is 72.3 Å². The van der Waals surface area contributed by atoms with Crippen molar-refractivity contribution in [3.8, 4) is 0 Å². The Morgan fingerprint density at radius 2 is 2.05 bits per heavy atom. The van der Waals surface area contributed by atoms with E-state index in [2.05, 4.69) is 16.9 Å². The van der Waals surface area contributed by atoms with Crippen molar-refractivity contribution in [1.29, 1.82) is 0 Å². The SMILES string of the molecule is CCCCOCCSc1nc(CC)nc(C)c1C(=O)O. The van der Waals surface area contributed by atoms with Gasteiger partial charge in [0.2, 0.25) is 0 Å². The average Bonchev–Trinajstić information content (AvgIpc) is 2.41. The van der Waals surface area contributed by atoms with Gasteiger partial charge in [-0.1, -0.05) is 20.3 Å². The smallest absolute Gasteiger partial charge is 0.340 e. The molecule has 0 saturated carbocycles. The number of carboxylic acid groups (broad SMARTS) is 1. The van der Waals surface area contributed by atoms with E-state index in [1.54, 1.807) is 6.92 Å². The van der Waals surface area contributed by atoms with Crippen LogP contribution in [-0.4, -0.2) is 40.0 Å². The van der Waals surface area contributed by atoms with E-state index in [1.807, 2.05) is 6.92 Å². The van der Waals surface area contributed by atoms with E-state index < -0.39 is 5.97 Å². The minimum absolute atomic E-state index is 0.209. The van der Waals surface area contributed by atoms with Crippen LogP contribution in [0.2, 0.25) is 0 Å². The van der Waals surface area contributed by atoms with E-state index in [4.69, 9.17) is 4.74 Å². The highest BCUT2D eigenvalue weighted by molar-refractivity contribution is 7.99. The Morgan fingerprint density at radius 1 is 1.30 bits per heavy atom. The number of carboxylic acids is 1. The number of hydrogen-bond donors (Lipinski definition) is 1. The molecule has 0 aliphatic heterocycles. The minimum Gasteiger partial charge on any atom is -0.478 e. The normalized spacial score (nSPS) is 10.8. The molecule has 1 aromatic heterocycles. The molecule has 20 heavy (non-hydrogen) atoms. The number of nitrogens with zero attached hydrogens (tertiary/aromatic N) is 2. The molecule has 0 saturated heterocycles. The molecule has 1 aromatic rings. The van der Waals surface area contributed by atoms with Crippen molar-refractivity contribution in [3.63, 3.8) is 0 Å². The lowest BCUT2D eigenvalue weighted by Gasteiger charge is -2.09. The fourth-order valence-electron chi connectivity index (χ4n) is 1.66. The zero-order chi connectivity index (χ0) is 15.0. The highest BCUT2D eigenvalue weighted by Crippen LogP contribution is 2.23. The van der Waals surface area contributed by atoms with Gasteiger partial charge < -0.3 is 9.84 Å². The van der Waals surface area contributed by atoms with Gasteiger partial charge in [0.05, 0.1) is 12.3 Å². The molecule has 1 rings (SSSR count). The van der Waals surface area contributed by atoms with Crippen LogP contribution in [0.3, 0.4) is 0 Å². The van der Waals surface area contributed by atoms with Crippen molar-refractivity contribution < 1.29 is 14.6 Å². The molecule has 0 spiro atoms. The van der Waals surface area contributed by atoms with E-state index >= 15 is 0 Å². The van der Waals surface area contributed by atoms with Crippen LogP contribution in [0.25, 0.3) is 0 Å². The number of hydrogen-bond acceptors (Lipinski definition) is 5. The first kappa shape index (κ1) is 16.9. The summed E-state index contributed by atoms with van der Waals surface area (Å²) in [6, 6.07) is 0. The number of rotatable bonds is 9. The Hall–Kier alpha value is -1.14. The zero-order valence-corrected chi connectivity index (χ0v) is 13.1. The van der Waals surface area contributed by atoms with Crippen LogP contribution in [0.4, 0.5) is 0 Å². The molecular weight excluding hydrogens is 276 g/mol. The van der Waals surface area contributed by atoms with E-state index in [0.29, 0.717) is 35.3 Å². The molecule has 0 aliphatic rings. The second-order valence-electron chi connectivity index (χ2n) is 4.38. The van der Waals surface area contributed by atoms with Gasteiger partial charge in [-0.25, -0.2) is 14.8 Å². The van der Waals surface area contributed by atoms with Gasteiger partial charge >= 0.3 is 5.97 Å². The molecule has 112 valence electrons. The third-order valence-electron chi connectivity index (χ3n) is 2.74. The molecule has 1 N–H and O–H groups in total. The summed E-state index contributed by atoms with van der Waals surface area (Å²) in [4.78, 5) is 19.8. The predicted octanol–water partition coefficient (Wildman–Crippen LogP) is 2.95. The van der Waals surface area contributed by atoms with Gasteiger partial charge in [0.1, 0.15) is 16.4 Å². The Balaban J connectivity index is 2.67. The Bertz CT molecular complexity index is 452. The molecule has 0 unspecified atom stereocenters. The summed E-state index contributed by atoms with van der Waals surface area (Å²) in [6.07, 6.45) is 2.86. The van der Waals surface area contributed by atoms with Gasteiger partial charge in [-0.2, -0.15) is 0 Å². The molecule has 5 nitrogen and oxygen atoms in total. The number of aromatic nitrogens is 2. The predicted molar refractivity (Wildman–Crippen MR) is 79.6 cm³/mol. The number of unbranched alkanes of at least 4 members (excludes halogenated alkanes) is 1. The van der Waals surface area contributed by atoms with Crippen LogP contribution < -0.4 is 0 Å². The second-order valence-corrected chi connectivity index (χ2v) is 5.46. The third-order valence-corrected chi connectivity index (χ3v) is 3.68. The molecule has 0 bridgehead atoms. The maximum absolute atomic E-state index is 11.3. The summed E-state index contributed by atoms with van der Waals surface area (Å²) in [5.41, 5.74) is 0.736. The average molecular weight is 298 g/mol. The van der Waals surface area contributed by atoms with Crippen molar-refractivity contribution in [3.05, 3.63) is 17.1 Å². The van der Waals surface area contributed by atoms with E-state index in [9.17, 15) is 9.90 Å². The van der Waals surface area contributed by atoms with Crippen molar-refractivity contribution in [2.45, 2.75) is 45.1 Å². The van der Waals surface area contributed by atoms with Crippen LogP contribution >= 0.6 is 11.8 Å². The van der Waals surface area contributed by atoms with Gasteiger partial charge in [-0.15, -0.1) is 11.8 Å². The minimum atomic E-state index is -0.973. The molecule has 6 heteroatoms. The fraction of sp³-hybridized carbons (Fsp3) is 0.643. The van der Waals surface area contributed by atoms with E-state index in [-0.39, 0.29) is 5.56 Å². The van der Waals surface area contributed by atoms with Crippen LogP contribution in [0, 0.1) is 6.92 Å². The van der Waals surface area contributed by atoms with Crippen LogP contribution in [0.1, 0.15) is 48.6 Å². The quantitative estimate of drug-likeness (QED) is 0.429. The lowest BCUT2D eigenvalue weighted by molar-refractivity contribution is 0.0690. The van der Waals surface area contributed by atoms with E-state index in [0.717, 1.165) is 19.4 Å². The highest BCUT2D eigenvalue weighted by Gasteiger charge is 2.17. The molecule has 0 fully saturated rings. The fourth-order valence-corrected chi connectivity index (χ4v) is 2.60. The van der Waals surface area contributed by atoms with Gasteiger partial charge in [-0.05, 0) is 13.3 Å². The first-order chi connectivity index (χ1) is 9.60. The van der Waals surface area contributed by atoms with Crippen molar-refractivity contribution >= 4 is 17.7 Å². The van der Waals surface area contributed by atoms with Crippen molar-refractivity contribution in [2.24, 2.45) is 0 Å². The second kappa shape index (κ2) is 8.92. The summed E-state index contributed by atoms with van der Waals surface area (Å²) in [7, 11) is 0. The molecule has 0 radical (unpaired) electrons. The molecule has 0 atom stereocenters. The van der Waals surface area contributed by atoms with Gasteiger partial charge in [0.15, 0.2) is 0 Å². The van der Waals surface area contributed by atoms with Gasteiger partial charge in [0, 0.05) is 18.8 Å². The maximum Gasteiger partial charge on any atom is 0.340 e. The summed E-state index contributed by atoms with van der Waals surface area (Å²) >= 11 is 1.42. The molecule has 0 aromatic carbocycles. The molecule has 0 amide bonds. The lowest BCUT2D eigenvalue weighted by Crippen LogP contribution is -2.10. The first-order valence-electron chi connectivity index (χ1n) is 6.91. The number of thioether (sulfide) groups is 1. The van der Waals surface area contributed by atoms with Crippen molar-refractivity contribution in [1.82, 2.24) is 9.97 Å². The number of carbonyl (C=O) groups is 1. The van der Waals surface area contributed by atoms with Crippen molar-refractivity contribution in [2.75, 3.05) is 19.0 Å². The molecule has 0 aliphatic carbocycles. The zero-order valence-electron chi connectivity index (χ0n) is 12.3. The number of aromatic carboxylic acids is 1. The van der Waals surface area contributed by atoms with Crippen LogP contribution in [-0.2, 0) is 11.2 Å². The van der Waals surface area contributed by atoms with Gasteiger partial charge in [0.25, 0.3) is 0 Å². The lowest BCUT2D eigenvalue weighted by atomic mass is 10.2. The number of ether oxygens (including phenoxy) is 1. The highest BCUT2D eigenvalue weighted by atomic mass is 32.2. The van der Waals surface area contributed by atoms with Crippen LogP contribution in [0.15, 0.2) is 5.03 Å². The summed E-state index contributed by atoms with van der Waals surface area (Å²) in [5.74, 6) is 0.408. The maximum atomic E-state index is 11.3. The molecular formula is C14H22N2O3S. The molecule has 1 heterocycles. The summed E-state index contributed by atoms with van der Waals surface area (Å²) < 4.78 is 5.47. The van der Waals surface area contributed by atoms with Gasteiger partial charge in [-0.3, -0.25) is 0 Å². The van der Waals surface area contributed by atoms with Crippen LogP contribution in [0.5, 0.6) is 0 Å². The first-order valence-corrected chi connectivity index (χ1v) is 7.90.